The van der Waals surface area contributed by atoms with Crippen molar-refractivity contribution in [2.75, 3.05) is 0 Å². The Morgan fingerprint density at radius 1 is 1.33 bits per heavy atom. The maximum Gasteiger partial charge on any atom is 0.229 e. The first-order chi connectivity index (χ1) is 5.43. The average molecular weight is 280 g/mol. The van der Waals surface area contributed by atoms with Crippen LogP contribution in [-0.2, 0) is 5.41 Å². The van der Waals surface area contributed by atoms with Gasteiger partial charge in [-0.05, 0) is 22.6 Å². The molecule has 0 aliphatic heterocycles. The molecule has 1 aromatic heterocycles. The summed E-state index contributed by atoms with van der Waals surface area (Å²) in [5.41, 5.74) is 0.635. The SMILES string of the molecule is CC(C)(C)c1ncnc(F)c1I. The van der Waals surface area contributed by atoms with Gasteiger partial charge in [0.05, 0.1) is 9.26 Å². The van der Waals surface area contributed by atoms with Gasteiger partial charge >= 0.3 is 0 Å². The van der Waals surface area contributed by atoms with Crippen LogP contribution in [0.2, 0.25) is 0 Å². The Bertz CT molecular complexity index is 294. The molecule has 0 radical (unpaired) electrons. The van der Waals surface area contributed by atoms with Crippen LogP contribution >= 0.6 is 22.6 Å². The lowest BCUT2D eigenvalue weighted by Crippen LogP contribution is -2.17. The molecule has 0 bridgehead atoms. The average Bonchev–Trinajstić information content (AvgIpc) is 1.92. The Hall–Kier alpha value is -0.260. The van der Waals surface area contributed by atoms with Crippen molar-refractivity contribution in [3.05, 3.63) is 21.5 Å². The quantitative estimate of drug-likeness (QED) is 0.539. The van der Waals surface area contributed by atoms with E-state index in [1.165, 1.54) is 6.33 Å². The van der Waals surface area contributed by atoms with Crippen LogP contribution in [-0.4, -0.2) is 9.97 Å². The van der Waals surface area contributed by atoms with Gasteiger partial charge in [0.1, 0.15) is 6.33 Å². The number of hydrogen-bond acceptors (Lipinski definition) is 2. The summed E-state index contributed by atoms with van der Waals surface area (Å²) in [6, 6.07) is 0. The van der Waals surface area contributed by atoms with E-state index in [1.807, 2.05) is 43.4 Å². The van der Waals surface area contributed by atoms with E-state index in [-0.39, 0.29) is 5.41 Å². The molecule has 0 unspecified atom stereocenters. The third kappa shape index (κ3) is 1.91. The first kappa shape index (κ1) is 9.83. The smallest absolute Gasteiger partial charge is 0.229 e. The predicted molar refractivity (Wildman–Crippen MR) is 53.4 cm³/mol. The second-order valence-electron chi connectivity index (χ2n) is 3.58. The molecule has 0 spiro atoms. The van der Waals surface area contributed by atoms with E-state index in [4.69, 9.17) is 0 Å². The standard InChI is InChI=1S/C8H10FIN2/c1-8(2,3)6-5(10)7(9)12-4-11-6/h4H,1-3H3. The second kappa shape index (κ2) is 3.24. The summed E-state index contributed by atoms with van der Waals surface area (Å²) >= 11 is 1.93. The summed E-state index contributed by atoms with van der Waals surface area (Å²) in [5.74, 6) is -0.435. The maximum atomic E-state index is 13.0. The van der Waals surface area contributed by atoms with E-state index >= 15 is 0 Å². The Kier molecular flexibility index (Phi) is 2.65. The third-order valence-electron chi connectivity index (χ3n) is 1.46. The summed E-state index contributed by atoms with van der Waals surface area (Å²) in [6.07, 6.45) is 1.26. The van der Waals surface area contributed by atoms with Crippen molar-refractivity contribution in [1.29, 1.82) is 0 Å². The van der Waals surface area contributed by atoms with Gasteiger partial charge in [-0.1, -0.05) is 20.8 Å². The van der Waals surface area contributed by atoms with Gasteiger partial charge in [-0.15, -0.1) is 0 Å². The molecule has 0 atom stereocenters. The van der Waals surface area contributed by atoms with E-state index in [0.717, 1.165) is 5.69 Å². The first-order valence-corrected chi connectivity index (χ1v) is 4.67. The van der Waals surface area contributed by atoms with E-state index in [2.05, 4.69) is 9.97 Å². The van der Waals surface area contributed by atoms with E-state index in [0.29, 0.717) is 3.57 Å². The second-order valence-corrected chi connectivity index (χ2v) is 4.66. The Balaban J connectivity index is 3.26. The molecule has 0 saturated carbocycles. The number of nitrogens with zero attached hydrogens (tertiary/aromatic N) is 2. The number of halogens is 2. The van der Waals surface area contributed by atoms with Crippen LogP contribution in [0, 0.1) is 9.52 Å². The lowest BCUT2D eigenvalue weighted by Gasteiger charge is -2.18. The molecule has 4 heteroatoms. The molecular formula is C8H10FIN2. The fraction of sp³-hybridized carbons (Fsp3) is 0.500. The van der Waals surface area contributed by atoms with Crippen molar-refractivity contribution < 1.29 is 4.39 Å². The predicted octanol–water partition coefficient (Wildman–Crippen LogP) is 2.52. The van der Waals surface area contributed by atoms with Crippen molar-refractivity contribution in [3.63, 3.8) is 0 Å². The highest BCUT2D eigenvalue weighted by Crippen LogP contribution is 2.25. The van der Waals surface area contributed by atoms with Crippen LogP contribution in [0.5, 0.6) is 0 Å². The van der Waals surface area contributed by atoms with Gasteiger partial charge in [0, 0.05) is 5.41 Å². The third-order valence-corrected chi connectivity index (χ3v) is 2.41. The van der Waals surface area contributed by atoms with Crippen molar-refractivity contribution in [1.82, 2.24) is 9.97 Å². The van der Waals surface area contributed by atoms with Gasteiger partial charge in [-0.25, -0.2) is 9.97 Å². The molecule has 2 nitrogen and oxygen atoms in total. The van der Waals surface area contributed by atoms with Gasteiger partial charge < -0.3 is 0 Å². The zero-order chi connectivity index (χ0) is 9.35. The molecule has 0 N–H and O–H groups in total. The lowest BCUT2D eigenvalue weighted by atomic mass is 9.92. The fourth-order valence-electron chi connectivity index (χ4n) is 0.871. The molecular weight excluding hydrogens is 270 g/mol. The van der Waals surface area contributed by atoms with Crippen molar-refractivity contribution in [2.45, 2.75) is 26.2 Å². The van der Waals surface area contributed by atoms with Gasteiger partial charge in [0.15, 0.2) is 0 Å². The topological polar surface area (TPSA) is 25.8 Å². The Morgan fingerprint density at radius 2 is 1.92 bits per heavy atom. The van der Waals surface area contributed by atoms with E-state index in [9.17, 15) is 4.39 Å². The molecule has 0 aliphatic carbocycles. The van der Waals surface area contributed by atoms with Crippen LogP contribution in [0.25, 0.3) is 0 Å². The zero-order valence-electron chi connectivity index (χ0n) is 7.23. The normalized spacial score (nSPS) is 11.8. The minimum atomic E-state index is -0.435. The van der Waals surface area contributed by atoms with Crippen LogP contribution in [0.4, 0.5) is 4.39 Å². The largest absolute Gasteiger partial charge is 0.239 e. The fourth-order valence-corrected chi connectivity index (χ4v) is 1.96. The monoisotopic (exact) mass is 280 g/mol. The summed E-state index contributed by atoms with van der Waals surface area (Å²) in [6.45, 7) is 5.99. The highest BCUT2D eigenvalue weighted by atomic mass is 127. The van der Waals surface area contributed by atoms with Gasteiger partial charge in [0.25, 0.3) is 0 Å². The zero-order valence-corrected chi connectivity index (χ0v) is 9.39. The molecule has 12 heavy (non-hydrogen) atoms. The highest BCUT2D eigenvalue weighted by molar-refractivity contribution is 14.1. The van der Waals surface area contributed by atoms with Crippen LogP contribution in [0.15, 0.2) is 6.33 Å². The van der Waals surface area contributed by atoms with Crippen LogP contribution < -0.4 is 0 Å². The van der Waals surface area contributed by atoms with Crippen molar-refractivity contribution >= 4 is 22.6 Å². The minimum absolute atomic E-state index is 0.125. The molecule has 1 aromatic rings. The van der Waals surface area contributed by atoms with Gasteiger partial charge in [0.2, 0.25) is 5.95 Å². The summed E-state index contributed by atoms with van der Waals surface area (Å²) in [4.78, 5) is 7.52. The van der Waals surface area contributed by atoms with Crippen LogP contribution in [0.3, 0.4) is 0 Å². The molecule has 1 rings (SSSR count). The maximum absolute atomic E-state index is 13.0. The Morgan fingerprint density at radius 3 is 2.33 bits per heavy atom. The van der Waals surface area contributed by atoms with Gasteiger partial charge in [-0.3, -0.25) is 0 Å². The molecule has 0 aromatic carbocycles. The number of aromatic nitrogens is 2. The Labute approximate surface area is 84.8 Å². The minimum Gasteiger partial charge on any atom is -0.239 e. The van der Waals surface area contributed by atoms with Crippen molar-refractivity contribution in [3.8, 4) is 0 Å². The number of hydrogen-bond donors (Lipinski definition) is 0. The molecule has 0 saturated heterocycles. The molecule has 0 amide bonds. The molecule has 0 fully saturated rings. The number of rotatable bonds is 0. The first-order valence-electron chi connectivity index (χ1n) is 3.59. The summed E-state index contributed by atoms with van der Waals surface area (Å²) < 4.78 is 13.5. The highest BCUT2D eigenvalue weighted by Gasteiger charge is 2.20. The molecule has 66 valence electrons. The molecule has 1 heterocycles. The van der Waals surface area contributed by atoms with E-state index in [1.54, 1.807) is 0 Å². The van der Waals surface area contributed by atoms with E-state index < -0.39 is 5.95 Å². The van der Waals surface area contributed by atoms with Crippen LogP contribution in [0.1, 0.15) is 26.5 Å². The summed E-state index contributed by atoms with van der Waals surface area (Å²) in [7, 11) is 0. The summed E-state index contributed by atoms with van der Waals surface area (Å²) in [5, 5.41) is 0. The lowest BCUT2D eigenvalue weighted by molar-refractivity contribution is 0.522. The molecule has 0 aliphatic rings. The van der Waals surface area contributed by atoms with Crippen molar-refractivity contribution in [2.24, 2.45) is 0 Å². The van der Waals surface area contributed by atoms with Gasteiger partial charge in [-0.2, -0.15) is 4.39 Å².